The molecule has 1 heteroatoms. The minimum Gasteiger partial charge on any atom is -0.320 e. The summed E-state index contributed by atoms with van der Waals surface area (Å²) in [5.41, 5.74) is 3.22. The molecule has 1 aromatic carbocycles. The highest BCUT2D eigenvalue weighted by Crippen LogP contribution is 2.34. The van der Waals surface area contributed by atoms with E-state index in [4.69, 9.17) is 0 Å². The van der Waals surface area contributed by atoms with Crippen molar-refractivity contribution in [2.24, 2.45) is 0 Å². The molecule has 0 amide bonds. The predicted octanol–water partition coefficient (Wildman–Crippen LogP) is 3.11. The first kappa shape index (κ1) is 10.7. The summed E-state index contributed by atoms with van der Waals surface area (Å²) in [5, 5.41) is 3.23. The SMILES string of the molecule is CNCCCC1CCCc2ccccc21. The largest absolute Gasteiger partial charge is 0.320 e. The first-order valence-electron chi connectivity index (χ1n) is 6.14. The molecule has 1 atom stereocenters. The van der Waals surface area contributed by atoms with Gasteiger partial charge in [-0.25, -0.2) is 0 Å². The van der Waals surface area contributed by atoms with Gasteiger partial charge in [-0.05, 0) is 62.7 Å². The third kappa shape index (κ3) is 2.60. The van der Waals surface area contributed by atoms with Gasteiger partial charge in [-0.3, -0.25) is 0 Å². The Bertz CT molecular complexity index is 306. The molecule has 1 aromatic rings. The lowest BCUT2D eigenvalue weighted by atomic mass is 9.80. The van der Waals surface area contributed by atoms with Crippen LogP contribution in [-0.2, 0) is 6.42 Å². The average molecular weight is 203 g/mol. The van der Waals surface area contributed by atoms with Gasteiger partial charge in [0.1, 0.15) is 0 Å². The Morgan fingerprint density at radius 2 is 2.20 bits per heavy atom. The van der Waals surface area contributed by atoms with Gasteiger partial charge in [0.15, 0.2) is 0 Å². The molecule has 1 N–H and O–H groups in total. The fourth-order valence-corrected chi connectivity index (χ4v) is 2.68. The maximum atomic E-state index is 3.23. The van der Waals surface area contributed by atoms with E-state index in [0.717, 1.165) is 12.5 Å². The summed E-state index contributed by atoms with van der Waals surface area (Å²) in [5.74, 6) is 0.822. The summed E-state index contributed by atoms with van der Waals surface area (Å²) in [7, 11) is 2.04. The van der Waals surface area contributed by atoms with E-state index in [2.05, 4.69) is 29.6 Å². The molecule has 2 rings (SSSR count). The zero-order valence-electron chi connectivity index (χ0n) is 9.63. The van der Waals surface area contributed by atoms with Gasteiger partial charge in [-0.2, -0.15) is 0 Å². The lowest BCUT2D eigenvalue weighted by molar-refractivity contribution is 0.499. The Hall–Kier alpha value is -0.820. The Kier molecular flexibility index (Phi) is 3.79. The molecule has 1 unspecified atom stereocenters. The molecule has 82 valence electrons. The molecule has 0 aromatic heterocycles. The van der Waals surface area contributed by atoms with Crippen LogP contribution < -0.4 is 5.32 Å². The normalized spacial score (nSPS) is 19.9. The van der Waals surface area contributed by atoms with Gasteiger partial charge < -0.3 is 5.32 Å². The van der Waals surface area contributed by atoms with Gasteiger partial charge in [0.2, 0.25) is 0 Å². The molecule has 0 aliphatic heterocycles. The van der Waals surface area contributed by atoms with Crippen molar-refractivity contribution in [3.8, 4) is 0 Å². The smallest absolute Gasteiger partial charge is 0.00517 e. The van der Waals surface area contributed by atoms with E-state index in [1.807, 2.05) is 7.05 Å². The van der Waals surface area contributed by atoms with E-state index in [1.54, 1.807) is 11.1 Å². The quantitative estimate of drug-likeness (QED) is 0.741. The molecule has 0 saturated carbocycles. The molecule has 15 heavy (non-hydrogen) atoms. The number of benzene rings is 1. The second-order valence-corrected chi connectivity index (χ2v) is 4.53. The molecular weight excluding hydrogens is 182 g/mol. The van der Waals surface area contributed by atoms with Crippen LogP contribution in [0.5, 0.6) is 0 Å². The van der Waals surface area contributed by atoms with Crippen molar-refractivity contribution in [2.45, 2.75) is 38.0 Å². The van der Waals surface area contributed by atoms with Crippen molar-refractivity contribution in [3.63, 3.8) is 0 Å². The van der Waals surface area contributed by atoms with Crippen molar-refractivity contribution in [2.75, 3.05) is 13.6 Å². The zero-order valence-corrected chi connectivity index (χ0v) is 9.63. The molecule has 0 fully saturated rings. The third-order valence-corrected chi connectivity index (χ3v) is 3.47. The van der Waals surface area contributed by atoms with Crippen LogP contribution in [0.25, 0.3) is 0 Å². The second-order valence-electron chi connectivity index (χ2n) is 4.53. The molecule has 0 bridgehead atoms. The number of fused-ring (bicyclic) bond motifs is 1. The van der Waals surface area contributed by atoms with Crippen molar-refractivity contribution in [3.05, 3.63) is 35.4 Å². The highest BCUT2D eigenvalue weighted by Gasteiger charge is 2.18. The highest BCUT2D eigenvalue weighted by molar-refractivity contribution is 5.32. The van der Waals surface area contributed by atoms with Crippen molar-refractivity contribution >= 4 is 0 Å². The summed E-state index contributed by atoms with van der Waals surface area (Å²) in [6.45, 7) is 1.15. The predicted molar refractivity (Wildman–Crippen MR) is 65.3 cm³/mol. The van der Waals surface area contributed by atoms with Gasteiger partial charge in [0, 0.05) is 0 Å². The Balaban J connectivity index is 2.02. The molecule has 0 radical (unpaired) electrons. The van der Waals surface area contributed by atoms with E-state index in [-0.39, 0.29) is 0 Å². The van der Waals surface area contributed by atoms with E-state index < -0.39 is 0 Å². The van der Waals surface area contributed by atoms with Gasteiger partial charge in [-0.15, -0.1) is 0 Å². The van der Waals surface area contributed by atoms with E-state index >= 15 is 0 Å². The third-order valence-electron chi connectivity index (χ3n) is 3.47. The minimum absolute atomic E-state index is 0.822. The number of hydrogen-bond donors (Lipinski definition) is 1. The van der Waals surface area contributed by atoms with E-state index in [9.17, 15) is 0 Å². The molecular formula is C14H21N. The molecule has 0 saturated heterocycles. The van der Waals surface area contributed by atoms with Gasteiger partial charge in [-0.1, -0.05) is 24.3 Å². The lowest BCUT2D eigenvalue weighted by Crippen LogP contribution is -2.13. The highest BCUT2D eigenvalue weighted by atomic mass is 14.8. The van der Waals surface area contributed by atoms with Gasteiger partial charge in [0.05, 0.1) is 0 Å². The van der Waals surface area contributed by atoms with Gasteiger partial charge >= 0.3 is 0 Å². The number of nitrogens with one attached hydrogen (secondary N) is 1. The first-order valence-corrected chi connectivity index (χ1v) is 6.14. The van der Waals surface area contributed by atoms with Crippen LogP contribution in [0.15, 0.2) is 24.3 Å². The van der Waals surface area contributed by atoms with Crippen LogP contribution >= 0.6 is 0 Å². The second kappa shape index (κ2) is 5.32. The van der Waals surface area contributed by atoms with Crippen LogP contribution in [0.3, 0.4) is 0 Å². The summed E-state index contributed by atoms with van der Waals surface area (Å²) in [4.78, 5) is 0. The number of hydrogen-bond acceptors (Lipinski definition) is 1. The molecule has 0 spiro atoms. The first-order chi connectivity index (χ1) is 7.42. The Labute approximate surface area is 92.9 Å². The van der Waals surface area contributed by atoms with Crippen molar-refractivity contribution in [1.82, 2.24) is 5.32 Å². The van der Waals surface area contributed by atoms with Crippen LogP contribution in [0.1, 0.15) is 42.7 Å². The Morgan fingerprint density at radius 3 is 3.07 bits per heavy atom. The van der Waals surface area contributed by atoms with Crippen LogP contribution in [-0.4, -0.2) is 13.6 Å². The van der Waals surface area contributed by atoms with Crippen LogP contribution in [0, 0.1) is 0 Å². The average Bonchev–Trinajstić information content (AvgIpc) is 2.30. The lowest BCUT2D eigenvalue weighted by Gasteiger charge is -2.25. The Morgan fingerprint density at radius 1 is 1.33 bits per heavy atom. The zero-order chi connectivity index (χ0) is 10.5. The monoisotopic (exact) mass is 203 g/mol. The van der Waals surface area contributed by atoms with E-state index in [1.165, 1.54) is 32.1 Å². The number of rotatable bonds is 4. The fraction of sp³-hybridized carbons (Fsp3) is 0.571. The summed E-state index contributed by atoms with van der Waals surface area (Å²) < 4.78 is 0. The van der Waals surface area contributed by atoms with Crippen LogP contribution in [0.2, 0.25) is 0 Å². The van der Waals surface area contributed by atoms with Gasteiger partial charge in [0.25, 0.3) is 0 Å². The maximum Gasteiger partial charge on any atom is -0.00517 e. The molecule has 0 heterocycles. The molecule has 1 aliphatic rings. The molecule has 1 nitrogen and oxygen atoms in total. The fourth-order valence-electron chi connectivity index (χ4n) is 2.68. The summed E-state index contributed by atoms with van der Waals surface area (Å²) in [6, 6.07) is 9.00. The van der Waals surface area contributed by atoms with E-state index in [0.29, 0.717) is 0 Å². The van der Waals surface area contributed by atoms with Crippen molar-refractivity contribution < 1.29 is 0 Å². The topological polar surface area (TPSA) is 12.0 Å². The maximum absolute atomic E-state index is 3.23. The summed E-state index contributed by atoms with van der Waals surface area (Å²) in [6.07, 6.45) is 6.70. The number of aryl methyl sites for hydroxylation is 1. The van der Waals surface area contributed by atoms with Crippen molar-refractivity contribution in [1.29, 1.82) is 0 Å². The standard InChI is InChI=1S/C14H21N/c1-15-11-5-9-13-8-4-7-12-6-2-3-10-14(12)13/h2-3,6,10,13,15H,4-5,7-9,11H2,1H3. The van der Waals surface area contributed by atoms with Crippen LogP contribution in [0.4, 0.5) is 0 Å². The molecule has 1 aliphatic carbocycles. The summed E-state index contributed by atoms with van der Waals surface area (Å²) >= 11 is 0. The minimum atomic E-state index is 0.822.